The van der Waals surface area contributed by atoms with Crippen molar-refractivity contribution in [1.29, 1.82) is 0 Å². The van der Waals surface area contributed by atoms with E-state index in [1.54, 1.807) is 21.9 Å². The molecule has 0 unspecified atom stereocenters. The molecule has 0 bridgehead atoms. The number of nitrogens with zero attached hydrogens (tertiary/aromatic N) is 4. The van der Waals surface area contributed by atoms with Crippen LogP contribution in [-0.2, 0) is 47.9 Å². The molecule has 3 atom stereocenters. The van der Waals surface area contributed by atoms with E-state index in [1.165, 1.54) is 5.56 Å². The quantitative estimate of drug-likeness (QED) is 0.148. The molecule has 3 amide bonds. The summed E-state index contributed by atoms with van der Waals surface area (Å²) in [5, 5.41) is 7.42. The summed E-state index contributed by atoms with van der Waals surface area (Å²) in [6.45, 7) is 19.6. The molecule has 16 nitrogen and oxygen atoms in total. The lowest BCUT2D eigenvalue weighted by atomic mass is 9.94. The fraction of sp³-hybridized carbons (Fsp3) is 0.554. The molecule has 0 saturated carbocycles. The molecule has 7 rings (SSSR count). The van der Waals surface area contributed by atoms with Gasteiger partial charge in [-0.05, 0) is 179 Å². The van der Waals surface area contributed by atoms with E-state index >= 15 is 0 Å². The number of halogens is 3. The minimum absolute atomic E-state index is 0.00496. The van der Waals surface area contributed by atoms with Gasteiger partial charge in [0, 0.05) is 76.3 Å². The van der Waals surface area contributed by atoms with E-state index < -0.39 is 47.0 Å². The average Bonchev–Trinajstić information content (AvgIpc) is 3.73. The van der Waals surface area contributed by atoms with Crippen LogP contribution in [0.3, 0.4) is 0 Å². The SMILES string of the molecule is CC(=O)O.CC(C)(C)OC(=O)N1CCCC[C@H]1C(=O)Cc1cc(Br)ccc1N.CC(C)(C)OC(=O)N1CCCC[C@H]1C(=O)Cc1ccc(Br)cc1N.CC(C)(C)OC(=O)N1CCCC[C@H]1C1=Nc2cc(Br)ccc2C1. The zero-order valence-corrected chi connectivity index (χ0v) is 50.0. The van der Waals surface area contributed by atoms with Crippen molar-refractivity contribution < 1.29 is 48.1 Å². The number of carbonyl (C=O) groups excluding carboxylic acids is 5. The van der Waals surface area contributed by atoms with Gasteiger partial charge >= 0.3 is 18.3 Å². The van der Waals surface area contributed by atoms with Crippen molar-refractivity contribution in [3.63, 3.8) is 0 Å². The first-order valence-electron chi connectivity index (χ1n) is 25.6. The van der Waals surface area contributed by atoms with Gasteiger partial charge in [-0.2, -0.15) is 0 Å². The third-order valence-electron chi connectivity index (χ3n) is 12.1. The van der Waals surface area contributed by atoms with Gasteiger partial charge in [0.05, 0.1) is 23.8 Å². The van der Waals surface area contributed by atoms with Gasteiger partial charge in [0.25, 0.3) is 5.97 Å². The topological polar surface area (TPSA) is 224 Å². The van der Waals surface area contributed by atoms with Crippen molar-refractivity contribution in [2.24, 2.45) is 4.99 Å². The summed E-state index contributed by atoms with van der Waals surface area (Å²) in [5.74, 6) is -0.819. The number of likely N-dealkylation sites (tertiary alicyclic amines) is 3. The van der Waals surface area contributed by atoms with Gasteiger partial charge in [0.1, 0.15) is 16.8 Å². The number of ketones is 2. The largest absolute Gasteiger partial charge is 0.481 e. The van der Waals surface area contributed by atoms with Crippen LogP contribution >= 0.6 is 47.8 Å². The second-order valence-corrected chi connectivity index (χ2v) is 24.8. The van der Waals surface area contributed by atoms with Gasteiger partial charge in [-0.1, -0.05) is 59.9 Å². The second-order valence-electron chi connectivity index (χ2n) is 22.1. The van der Waals surface area contributed by atoms with Crippen molar-refractivity contribution in [2.45, 2.75) is 181 Å². The summed E-state index contributed by atoms with van der Waals surface area (Å²) < 4.78 is 19.3. The maximum atomic E-state index is 12.8. The van der Waals surface area contributed by atoms with Gasteiger partial charge in [-0.25, -0.2) is 14.4 Å². The number of hydrogen-bond acceptors (Lipinski definition) is 12. The highest BCUT2D eigenvalue weighted by molar-refractivity contribution is 9.11. The summed E-state index contributed by atoms with van der Waals surface area (Å²) in [6.07, 6.45) is 8.35. The molecule has 0 radical (unpaired) electrons. The Morgan fingerprint density at radius 3 is 1.48 bits per heavy atom. The Morgan fingerprint density at radius 1 is 0.573 bits per heavy atom. The van der Waals surface area contributed by atoms with Gasteiger partial charge < -0.3 is 30.8 Å². The Kier molecular flexibility index (Phi) is 23.2. The number of nitrogens with two attached hydrogens (primary N) is 2. The minimum Gasteiger partial charge on any atom is -0.481 e. The first-order chi connectivity index (χ1) is 34.9. The Morgan fingerprint density at radius 2 is 0.987 bits per heavy atom. The molecule has 75 heavy (non-hydrogen) atoms. The highest BCUT2D eigenvalue weighted by Crippen LogP contribution is 2.34. The summed E-state index contributed by atoms with van der Waals surface area (Å²) in [7, 11) is 0. The van der Waals surface area contributed by atoms with E-state index in [0.717, 1.165) is 101 Å². The van der Waals surface area contributed by atoms with Gasteiger partial charge in [0.15, 0.2) is 11.6 Å². The number of benzene rings is 3. The fourth-order valence-corrected chi connectivity index (χ4v) is 10.0. The molecule has 0 aliphatic carbocycles. The Balaban J connectivity index is 0.000000235. The highest BCUT2D eigenvalue weighted by Gasteiger charge is 2.38. The molecular weight excluding hydrogens is 1160 g/mol. The van der Waals surface area contributed by atoms with Crippen LogP contribution in [0.5, 0.6) is 0 Å². The first-order valence-corrected chi connectivity index (χ1v) is 28.0. The number of hydrogen-bond donors (Lipinski definition) is 3. The molecule has 4 aliphatic heterocycles. The molecule has 3 fully saturated rings. The number of carbonyl (C=O) groups is 6. The summed E-state index contributed by atoms with van der Waals surface area (Å²) in [5.41, 5.74) is 16.4. The van der Waals surface area contributed by atoms with Crippen molar-refractivity contribution in [3.05, 3.63) is 84.7 Å². The number of anilines is 2. The van der Waals surface area contributed by atoms with Gasteiger partial charge in [-0.15, -0.1) is 0 Å². The van der Waals surface area contributed by atoms with Crippen LogP contribution in [0.1, 0.15) is 144 Å². The number of rotatable bonds is 7. The molecule has 4 aliphatic rings. The zero-order valence-electron chi connectivity index (χ0n) is 45.2. The number of nitrogen functional groups attached to an aromatic ring is 2. The molecule has 4 heterocycles. The number of ether oxygens (including phenoxy) is 3. The first kappa shape index (κ1) is 62.5. The van der Waals surface area contributed by atoms with E-state index in [2.05, 4.69) is 53.9 Å². The number of fused-ring (bicyclic) bond motifs is 1. The monoisotopic (exact) mass is 1230 g/mol. The molecule has 19 heteroatoms. The third-order valence-corrected chi connectivity index (χ3v) is 13.6. The van der Waals surface area contributed by atoms with Crippen LogP contribution in [0.4, 0.5) is 31.4 Å². The van der Waals surface area contributed by atoms with Crippen LogP contribution in [0.15, 0.2) is 73.0 Å². The molecular formula is C56H77Br3N6O10. The Bertz CT molecular complexity index is 2530. The van der Waals surface area contributed by atoms with E-state index in [0.29, 0.717) is 37.3 Å². The number of aliphatic carboxylic acids is 1. The Labute approximate surface area is 468 Å². The van der Waals surface area contributed by atoms with E-state index in [1.807, 2.05) is 104 Å². The van der Waals surface area contributed by atoms with E-state index in [4.69, 9.17) is 40.6 Å². The van der Waals surface area contributed by atoms with Crippen molar-refractivity contribution >= 4 is 106 Å². The normalized spacial score (nSPS) is 18.5. The number of piperidine rings is 3. The lowest BCUT2D eigenvalue weighted by Crippen LogP contribution is -2.50. The molecule has 0 spiro atoms. The predicted molar refractivity (Wildman–Crippen MR) is 305 cm³/mol. The average molecular weight is 1230 g/mol. The maximum absolute atomic E-state index is 12.8. The van der Waals surface area contributed by atoms with Crippen LogP contribution in [0.2, 0.25) is 0 Å². The molecule has 3 aromatic rings. The fourth-order valence-electron chi connectivity index (χ4n) is 8.87. The molecule has 0 aromatic heterocycles. The summed E-state index contributed by atoms with van der Waals surface area (Å²) in [6, 6.07) is 16.4. The number of carboxylic acids is 1. The molecule has 3 aromatic carbocycles. The third kappa shape index (κ3) is 20.8. The van der Waals surface area contributed by atoms with Crippen LogP contribution in [-0.4, -0.2) is 116 Å². The highest BCUT2D eigenvalue weighted by atomic mass is 79.9. The predicted octanol–water partition coefficient (Wildman–Crippen LogP) is 12.8. The summed E-state index contributed by atoms with van der Waals surface area (Å²) in [4.78, 5) is 81.8. The number of amides is 3. The van der Waals surface area contributed by atoms with Crippen molar-refractivity contribution in [2.75, 3.05) is 31.1 Å². The van der Waals surface area contributed by atoms with Gasteiger partial charge in [-0.3, -0.25) is 34.1 Å². The summed E-state index contributed by atoms with van der Waals surface area (Å²) >= 11 is 10.3. The molecule has 5 N–H and O–H groups in total. The van der Waals surface area contributed by atoms with Crippen LogP contribution in [0, 0.1) is 0 Å². The number of aliphatic imine (C=N–C) groups is 1. The van der Waals surface area contributed by atoms with Crippen molar-refractivity contribution in [1.82, 2.24) is 14.7 Å². The molecule has 3 saturated heterocycles. The van der Waals surface area contributed by atoms with Crippen LogP contribution < -0.4 is 11.5 Å². The van der Waals surface area contributed by atoms with E-state index in [-0.39, 0.29) is 36.5 Å². The van der Waals surface area contributed by atoms with E-state index in [9.17, 15) is 24.0 Å². The Hall–Kier alpha value is -5.01. The standard InChI is InChI=1S/2C18H25BrN2O3.C18H23BrN2O2.C2H4O2/c1-18(2,3)24-17(23)21-9-5-4-6-15(21)16(22)11-12-10-13(19)7-8-14(12)20;1-18(2,3)24-17(23)21-9-5-4-6-15(21)16(22)10-12-7-8-13(19)11-14(12)20;1-18(2,3)23-17(22)21-9-5-4-6-16(21)15-10-12-7-8-13(19)11-14(12)20-15;1-2(3)4/h7-8,10,15H,4-6,9,11,20H2,1-3H3;7-8,11,15H,4-6,9-10,20H2,1-3H3;7-8,11,16H,4-6,9-10H2,1-3H3;1H3,(H,3,4)/t2*15-;16-;/m000./s1. The molecule has 412 valence electrons. The second kappa shape index (κ2) is 27.9. The number of carboxylic acid groups (broad SMARTS) is 1. The smallest absolute Gasteiger partial charge is 0.410 e. The number of Topliss-reactive ketones (excluding diaryl/α,β-unsaturated/α-hetero) is 2. The lowest BCUT2D eigenvalue weighted by molar-refractivity contribution is -0.134. The van der Waals surface area contributed by atoms with Gasteiger partial charge in [0.2, 0.25) is 0 Å². The maximum Gasteiger partial charge on any atom is 0.410 e. The minimum atomic E-state index is -0.833. The van der Waals surface area contributed by atoms with Crippen LogP contribution in [0.25, 0.3) is 0 Å². The van der Waals surface area contributed by atoms with Crippen molar-refractivity contribution in [3.8, 4) is 0 Å². The zero-order chi connectivity index (χ0) is 56.0. The lowest BCUT2D eigenvalue weighted by Gasteiger charge is -2.36.